The Morgan fingerprint density at radius 2 is 1.84 bits per heavy atom. The summed E-state index contributed by atoms with van der Waals surface area (Å²) >= 11 is 0. The molecule has 2 aliphatic rings. The molecule has 4 nitrogen and oxygen atoms in total. The number of rotatable bonds is 8. The van der Waals surface area contributed by atoms with E-state index < -0.39 is 11.6 Å². The van der Waals surface area contributed by atoms with Crippen molar-refractivity contribution in [3.05, 3.63) is 82.9 Å². The van der Waals surface area contributed by atoms with Gasteiger partial charge in [-0.3, -0.25) is 9.29 Å². The van der Waals surface area contributed by atoms with Crippen LogP contribution in [0.25, 0.3) is 16.7 Å². The molecule has 0 radical (unpaired) electrons. The van der Waals surface area contributed by atoms with E-state index in [1.165, 1.54) is 7.11 Å². The van der Waals surface area contributed by atoms with Crippen molar-refractivity contribution >= 4 is 5.57 Å². The summed E-state index contributed by atoms with van der Waals surface area (Å²) in [5.41, 5.74) is 3.97. The topological polar surface area (TPSA) is 41.9 Å². The maximum absolute atomic E-state index is 15.1. The van der Waals surface area contributed by atoms with Crippen LogP contribution in [0.1, 0.15) is 42.4 Å². The predicted molar refractivity (Wildman–Crippen MR) is 143 cm³/mol. The Morgan fingerprint density at radius 1 is 1.03 bits per heavy atom. The maximum atomic E-state index is 15.1. The van der Waals surface area contributed by atoms with Crippen molar-refractivity contribution in [3.63, 3.8) is 0 Å². The van der Waals surface area contributed by atoms with Gasteiger partial charge in [-0.25, -0.2) is 8.78 Å². The van der Waals surface area contributed by atoms with Crippen LogP contribution in [-0.4, -0.2) is 49.5 Å². The molecule has 1 atom stereocenters. The first kappa shape index (κ1) is 26.2. The smallest absolute Gasteiger partial charge is 0.165 e. The van der Waals surface area contributed by atoms with Crippen LogP contribution in [0, 0.1) is 11.6 Å². The molecule has 0 spiro atoms. The maximum Gasteiger partial charge on any atom is 0.165 e. The van der Waals surface area contributed by atoms with Crippen LogP contribution in [0.3, 0.4) is 0 Å². The lowest BCUT2D eigenvalue weighted by Gasteiger charge is -2.19. The zero-order chi connectivity index (χ0) is 26.6. The van der Waals surface area contributed by atoms with Crippen LogP contribution < -0.4 is 9.47 Å². The normalized spacial score (nSPS) is 17.6. The van der Waals surface area contributed by atoms with Gasteiger partial charge in [0.15, 0.2) is 11.6 Å². The van der Waals surface area contributed by atoms with Gasteiger partial charge in [-0.15, -0.1) is 0 Å². The second-order valence-electron chi connectivity index (χ2n) is 9.86. The molecule has 3 aromatic carbocycles. The Kier molecular flexibility index (Phi) is 7.93. The highest BCUT2D eigenvalue weighted by molar-refractivity contribution is 5.88. The van der Waals surface area contributed by atoms with E-state index in [1.54, 1.807) is 6.07 Å². The molecule has 1 saturated heterocycles. The Labute approximate surface area is 221 Å². The molecule has 0 saturated carbocycles. The lowest BCUT2D eigenvalue weighted by molar-refractivity contribution is 0.198. The number of halogens is 3. The molecule has 38 heavy (non-hydrogen) atoms. The third-order valence-electron chi connectivity index (χ3n) is 7.38. The SMILES string of the molecule is COc1cc(F)c(-c2c(O)ccc3c2CCCC=C3c2ccc(O[C@H]3CCN(CCCF)C3)cc2)cc1F. The van der Waals surface area contributed by atoms with Gasteiger partial charge in [0.25, 0.3) is 0 Å². The highest BCUT2D eigenvalue weighted by Gasteiger charge is 2.25. The van der Waals surface area contributed by atoms with Gasteiger partial charge in [0, 0.05) is 36.8 Å². The third-order valence-corrected chi connectivity index (χ3v) is 7.38. The highest BCUT2D eigenvalue weighted by Crippen LogP contribution is 2.43. The quantitative estimate of drug-likeness (QED) is 0.348. The van der Waals surface area contributed by atoms with Crippen molar-refractivity contribution in [2.75, 3.05) is 33.4 Å². The molecule has 5 rings (SSSR count). The molecule has 3 aromatic rings. The van der Waals surface area contributed by atoms with Crippen molar-refractivity contribution in [1.29, 1.82) is 0 Å². The summed E-state index contributed by atoms with van der Waals surface area (Å²) in [7, 11) is 1.29. The van der Waals surface area contributed by atoms with Crippen molar-refractivity contribution in [3.8, 4) is 28.4 Å². The van der Waals surface area contributed by atoms with Gasteiger partial charge in [-0.05, 0) is 78.6 Å². The minimum Gasteiger partial charge on any atom is -0.507 e. The van der Waals surface area contributed by atoms with Crippen LogP contribution in [0.15, 0.2) is 54.6 Å². The van der Waals surface area contributed by atoms with Gasteiger partial charge >= 0.3 is 0 Å². The fourth-order valence-electron chi connectivity index (χ4n) is 5.52. The number of hydrogen-bond donors (Lipinski definition) is 1. The van der Waals surface area contributed by atoms with E-state index in [0.29, 0.717) is 18.4 Å². The monoisotopic (exact) mass is 523 g/mol. The van der Waals surface area contributed by atoms with Gasteiger partial charge < -0.3 is 14.6 Å². The minimum absolute atomic E-state index is 0.0137. The first-order valence-electron chi connectivity index (χ1n) is 13.1. The first-order valence-corrected chi connectivity index (χ1v) is 13.1. The zero-order valence-electron chi connectivity index (χ0n) is 21.5. The summed E-state index contributed by atoms with van der Waals surface area (Å²) in [6.45, 7) is 2.18. The van der Waals surface area contributed by atoms with Crippen molar-refractivity contribution < 1.29 is 27.8 Å². The number of hydrogen-bond acceptors (Lipinski definition) is 4. The molecule has 1 aliphatic carbocycles. The van der Waals surface area contributed by atoms with Gasteiger partial charge in [0.05, 0.1) is 13.8 Å². The fraction of sp³-hybridized carbons (Fsp3) is 0.355. The van der Waals surface area contributed by atoms with Crippen LogP contribution >= 0.6 is 0 Å². The molecule has 7 heteroatoms. The van der Waals surface area contributed by atoms with Gasteiger partial charge in [-0.2, -0.15) is 0 Å². The Balaban J connectivity index is 1.42. The molecule has 0 aromatic heterocycles. The van der Waals surface area contributed by atoms with E-state index in [2.05, 4.69) is 11.0 Å². The summed E-state index contributed by atoms with van der Waals surface area (Å²) in [6, 6.07) is 13.4. The molecule has 200 valence electrons. The molecular formula is C31H32F3NO3. The highest BCUT2D eigenvalue weighted by atomic mass is 19.1. The zero-order valence-corrected chi connectivity index (χ0v) is 21.5. The average molecular weight is 524 g/mol. The van der Waals surface area contributed by atoms with E-state index in [0.717, 1.165) is 79.0 Å². The largest absolute Gasteiger partial charge is 0.507 e. The third kappa shape index (κ3) is 5.39. The van der Waals surface area contributed by atoms with E-state index >= 15 is 4.39 Å². The number of allylic oxidation sites excluding steroid dienone is 1. The van der Waals surface area contributed by atoms with Crippen LogP contribution in [-0.2, 0) is 6.42 Å². The van der Waals surface area contributed by atoms with Gasteiger partial charge in [0.2, 0.25) is 0 Å². The molecule has 1 aliphatic heterocycles. The Bertz CT molecular complexity index is 1320. The summed E-state index contributed by atoms with van der Waals surface area (Å²) in [5.74, 6) is -0.829. The van der Waals surface area contributed by atoms with Crippen LogP contribution in [0.4, 0.5) is 13.2 Å². The number of methoxy groups -OCH3 is 1. The summed E-state index contributed by atoms with van der Waals surface area (Å²) < 4.78 is 53.2. The molecule has 1 N–H and O–H groups in total. The first-order chi connectivity index (χ1) is 18.5. The van der Waals surface area contributed by atoms with E-state index in [4.69, 9.17) is 9.47 Å². The molecular weight excluding hydrogens is 491 g/mol. The number of nitrogens with zero attached hydrogens (tertiary/aromatic N) is 1. The number of aromatic hydroxyl groups is 1. The molecule has 1 fully saturated rings. The number of likely N-dealkylation sites (tertiary alicyclic amines) is 1. The molecule has 0 amide bonds. The summed E-state index contributed by atoms with van der Waals surface area (Å²) in [6.07, 6.45) is 5.97. The molecule has 0 unspecified atom stereocenters. The second-order valence-corrected chi connectivity index (χ2v) is 9.86. The van der Waals surface area contributed by atoms with E-state index in [-0.39, 0.29) is 29.8 Å². The van der Waals surface area contributed by atoms with Crippen LogP contribution in [0.2, 0.25) is 0 Å². The fourth-order valence-corrected chi connectivity index (χ4v) is 5.52. The van der Waals surface area contributed by atoms with Crippen molar-refractivity contribution in [2.24, 2.45) is 0 Å². The second kappa shape index (κ2) is 11.5. The molecule has 0 bridgehead atoms. The average Bonchev–Trinajstić information content (AvgIpc) is 3.25. The van der Waals surface area contributed by atoms with Gasteiger partial charge in [0.1, 0.15) is 23.4 Å². The standard InChI is InChI=1S/C31H32F3NO3/c1-37-30-18-27(33)26(17-28(30)34)31-25-6-3-2-5-23(24(25)11-12-29(31)36)20-7-9-21(10-8-20)38-22-13-16-35(19-22)15-4-14-32/h5,7-12,17-18,22,36H,2-4,6,13-16,19H2,1H3/t22-/m0/s1. The van der Waals surface area contributed by atoms with Crippen molar-refractivity contribution in [1.82, 2.24) is 4.90 Å². The Hall–Kier alpha value is -3.45. The number of benzene rings is 3. The molecule has 1 heterocycles. The van der Waals surface area contributed by atoms with E-state index in [1.807, 2.05) is 30.3 Å². The lowest BCUT2D eigenvalue weighted by Crippen LogP contribution is -2.26. The van der Waals surface area contributed by atoms with Crippen LogP contribution in [0.5, 0.6) is 17.2 Å². The van der Waals surface area contributed by atoms with E-state index in [9.17, 15) is 13.9 Å². The van der Waals surface area contributed by atoms with Crippen molar-refractivity contribution in [2.45, 2.75) is 38.2 Å². The minimum atomic E-state index is -0.686. The lowest BCUT2D eigenvalue weighted by atomic mass is 9.87. The number of fused-ring (bicyclic) bond motifs is 1. The summed E-state index contributed by atoms with van der Waals surface area (Å²) in [5, 5.41) is 10.8. The summed E-state index contributed by atoms with van der Waals surface area (Å²) in [4.78, 5) is 2.23. The number of alkyl halides is 1. The number of phenols is 1. The van der Waals surface area contributed by atoms with Gasteiger partial charge in [-0.1, -0.05) is 24.3 Å². The number of phenolic OH excluding ortho intramolecular Hbond substituents is 1. The Morgan fingerprint density at radius 3 is 2.61 bits per heavy atom. The predicted octanol–water partition coefficient (Wildman–Crippen LogP) is 6.93. The number of ether oxygens (including phenoxy) is 2.